The van der Waals surface area contributed by atoms with Crippen LogP contribution in [-0.4, -0.2) is 16.4 Å². The minimum absolute atomic E-state index is 0.251. The Morgan fingerprint density at radius 2 is 2.17 bits per heavy atom. The molecule has 1 atom stereocenters. The molecule has 0 saturated carbocycles. The summed E-state index contributed by atoms with van der Waals surface area (Å²) >= 11 is 0. The van der Waals surface area contributed by atoms with Gasteiger partial charge < -0.3 is 9.63 Å². The van der Waals surface area contributed by atoms with Gasteiger partial charge in [-0.25, -0.2) is 0 Å². The van der Waals surface area contributed by atoms with E-state index in [0.717, 1.165) is 29.9 Å². The fraction of sp³-hybridized carbons (Fsp3) is 0.667. The SMILES string of the molecule is Cc1noc(C)c1CC[C@H](C)O. The van der Waals surface area contributed by atoms with Crippen molar-refractivity contribution in [2.24, 2.45) is 0 Å². The van der Waals surface area contributed by atoms with Crippen LogP contribution in [0.5, 0.6) is 0 Å². The Morgan fingerprint density at radius 1 is 1.50 bits per heavy atom. The maximum atomic E-state index is 9.08. The van der Waals surface area contributed by atoms with Gasteiger partial charge in [0.15, 0.2) is 0 Å². The summed E-state index contributed by atoms with van der Waals surface area (Å²) in [5.74, 6) is 0.869. The molecule has 0 saturated heterocycles. The van der Waals surface area contributed by atoms with Crippen LogP contribution in [-0.2, 0) is 6.42 Å². The lowest BCUT2D eigenvalue weighted by atomic mass is 10.1. The van der Waals surface area contributed by atoms with Gasteiger partial charge in [0.25, 0.3) is 0 Å². The molecule has 0 unspecified atom stereocenters. The van der Waals surface area contributed by atoms with Crippen LogP contribution in [0.15, 0.2) is 4.52 Å². The number of aliphatic hydroxyl groups excluding tert-OH is 1. The maximum Gasteiger partial charge on any atom is 0.137 e. The summed E-state index contributed by atoms with van der Waals surface area (Å²) in [7, 11) is 0. The molecule has 0 spiro atoms. The molecule has 0 aliphatic carbocycles. The highest BCUT2D eigenvalue weighted by atomic mass is 16.5. The second-order valence-electron chi connectivity index (χ2n) is 3.19. The third-order valence-electron chi connectivity index (χ3n) is 1.99. The Bertz CT molecular complexity index is 234. The van der Waals surface area contributed by atoms with Crippen LogP contribution in [0.1, 0.15) is 30.4 Å². The number of hydrogen-bond acceptors (Lipinski definition) is 3. The molecule has 1 rings (SSSR count). The van der Waals surface area contributed by atoms with E-state index in [1.165, 1.54) is 0 Å². The first-order valence-corrected chi connectivity index (χ1v) is 4.21. The van der Waals surface area contributed by atoms with Crippen molar-refractivity contribution in [2.75, 3.05) is 0 Å². The Morgan fingerprint density at radius 3 is 2.58 bits per heavy atom. The molecule has 0 aromatic carbocycles. The van der Waals surface area contributed by atoms with Crippen molar-refractivity contribution >= 4 is 0 Å². The Kier molecular flexibility index (Phi) is 2.87. The van der Waals surface area contributed by atoms with E-state index < -0.39 is 0 Å². The van der Waals surface area contributed by atoms with Gasteiger partial charge in [-0.1, -0.05) is 5.16 Å². The lowest BCUT2D eigenvalue weighted by Crippen LogP contribution is -2.02. The van der Waals surface area contributed by atoms with Crippen LogP contribution in [0, 0.1) is 13.8 Å². The highest BCUT2D eigenvalue weighted by molar-refractivity contribution is 5.20. The molecular weight excluding hydrogens is 154 g/mol. The van der Waals surface area contributed by atoms with Gasteiger partial charge in [-0.05, 0) is 33.6 Å². The topological polar surface area (TPSA) is 46.3 Å². The van der Waals surface area contributed by atoms with E-state index in [1.807, 2.05) is 13.8 Å². The molecule has 1 aromatic heterocycles. The van der Waals surface area contributed by atoms with Gasteiger partial charge in [0.05, 0.1) is 11.8 Å². The summed E-state index contributed by atoms with van der Waals surface area (Å²) in [5.41, 5.74) is 2.07. The predicted molar refractivity (Wildman–Crippen MR) is 46.0 cm³/mol. The summed E-state index contributed by atoms with van der Waals surface area (Å²) in [4.78, 5) is 0. The summed E-state index contributed by atoms with van der Waals surface area (Å²) in [5, 5.41) is 12.9. The van der Waals surface area contributed by atoms with Crippen molar-refractivity contribution in [3.8, 4) is 0 Å². The van der Waals surface area contributed by atoms with E-state index in [4.69, 9.17) is 9.63 Å². The van der Waals surface area contributed by atoms with E-state index in [2.05, 4.69) is 5.16 Å². The number of rotatable bonds is 3. The summed E-state index contributed by atoms with van der Waals surface area (Å²) in [6.07, 6.45) is 1.36. The predicted octanol–water partition coefficient (Wildman–Crippen LogP) is 1.60. The fourth-order valence-corrected chi connectivity index (χ4v) is 1.21. The molecule has 12 heavy (non-hydrogen) atoms. The van der Waals surface area contributed by atoms with Gasteiger partial charge >= 0.3 is 0 Å². The van der Waals surface area contributed by atoms with Crippen LogP contribution in [0.3, 0.4) is 0 Å². The molecule has 0 radical (unpaired) electrons. The number of aryl methyl sites for hydroxylation is 2. The summed E-state index contributed by atoms with van der Waals surface area (Å²) in [6.45, 7) is 5.61. The maximum absolute atomic E-state index is 9.08. The molecule has 3 heteroatoms. The Labute approximate surface area is 72.4 Å². The molecule has 0 aliphatic heterocycles. The first-order valence-electron chi connectivity index (χ1n) is 4.21. The van der Waals surface area contributed by atoms with Crippen molar-refractivity contribution in [1.82, 2.24) is 5.16 Å². The van der Waals surface area contributed by atoms with E-state index in [1.54, 1.807) is 6.92 Å². The van der Waals surface area contributed by atoms with Gasteiger partial charge in [-0.3, -0.25) is 0 Å². The second kappa shape index (κ2) is 3.72. The fourth-order valence-electron chi connectivity index (χ4n) is 1.21. The summed E-state index contributed by atoms with van der Waals surface area (Å²) in [6, 6.07) is 0. The molecular formula is C9H15NO2. The minimum atomic E-state index is -0.251. The standard InChI is InChI=1S/C9H15NO2/c1-6(11)4-5-9-7(2)10-12-8(9)3/h6,11H,4-5H2,1-3H3/t6-/m0/s1. The zero-order valence-electron chi connectivity index (χ0n) is 7.79. The van der Waals surface area contributed by atoms with Crippen molar-refractivity contribution < 1.29 is 9.63 Å². The first-order chi connectivity index (χ1) is 5.61. The number of aromatic nitrogens is 1. The lowest BCUT2D eigenvalue weighted by molar-refractivity contribution is 0.184. The van der Waals surface area contributed by atoms with Crippen LogP contribution in [0.2, 0.25) is 0 Å². The molecule has 0 aliphatic rings. The van der Waals surface area contributed by atoms with E-state index in [0.29, 0.717) is 0 Å². The number of nitrogens with zero attached hydrogens (tertiary/aromatic N) is 1. The first kappa shape index (κ1) is 9.26. The normalized spacial score (nSPS) is 13.3. The highest BCUT2D eigenvalue weighted by Gasteiger charge is 2.09. The quantitative estimate of drug-likeness (QED) is 0.747. The average molecular weight is 169 g/mol. The monoisotopic (exact) mass is 169 g/mol. The third kappa shape index (κ3) is 2.08. The van der Waals surface area contributed by atoms with E-state index in [-0.39, 0.29) is 6.10 Å². The molecule has 0 amide bonds. The molecule has 1 heterocycles. The van der Waals surface area contributed by atoms with E-state index in [9.17, 15) is 0 Å². The average Bonchev–Trinajstić information content (AvgIpc) is 2.28. The molecule has 3 nitrogen and oxygen atoms in total. The van der Waals surface area contributed by atoms with Crippen molar-refractivity contribution in [2.45, 2.75) is 39.7 Å². The molecule has 0 bridgehead atoms. The van der Waals surface area contributed by atoms with Gasteiger partial charge in [-0.2, -0.15) is 0 Å². The molecule has 1 N–H and O–H groups in total. The van der Waals surface area contributed by atoms with Crippen LogP contribution in [0.25, 0.3) is 0 Å². The third-order valence-corrected chi connectivity index (χ3v) is 1.99. The number of hydrogen-bond donors (Lipinski definition) is 1. The van der Waals surface area contributed by atoms with Crippen LogP contribution in [0.4, 0.5) is 0 Å². The van der Waals surface area contributed by atoms with Gasteiger partial charge in [0.2, 0.25) is 0 Å². The zero-order valence-corrected chi connectivity index (χ0v) is 7.79. The van der Waals surface area contributed by atoms with Crippen molar-refractivity contribution in [3.63, 3.8) is 0 Å². The van der Waals surface area contributed by atoms with Crippen molar-refractivity contribution in [1.29, 1.82) is 0 Å². The lowest BCUT2D eigenvalue weighted by Gasteiger charge is -2.02. The highest BCUT2D eigenvalue weighted by Crippen LogP contribution is 2.14. The van der Waals surface area contributed by atoms with Gasteiger partial charge in [-0.15, -0.1) is 0 Å². The van der Waals surface area contributed by atoms with Crippen molar-refractivity contribution in [3.05, 3.63) is 17.0 Å². The summed E-state index contributed by atoms with van der Waals surface area (Å²) < 4.78 is 5.00. The zero-order chi connectivity index (χ0) is 9.14. The number of aliphatic hydroxyl groups is 1. The second-order valence-corrected chi connectivity index (χ2v) is 3.19. The van der Waals surface area contributed by atoms with Crippen LogP contribution < -0.4 is 0 Å². The largest absolute Gasteiger partial charge is 0.393 e. The molecule has 1 aromatic rings. The van der Waals surface area contributed by atoms with Gasteiger partial charge in [0.1, 0.15) is 5.76 Å². The van der Waals surface area contributed by atoms with E-state index >= 15 is 0 Å². The van der Waals surface area contributed by atoms with Crippen LogP contribution >= 0.6 is 0 Å². The molecule has 0 fully saturated rings. The van der Waals surface area contributed by atoms with Gasteiger partial charge in [0, 0.05) is 5.56 Å². The Balaban J connectivity index is 2.62. The Hall–Kier alpha value is -0.830. The minimum Gasteiger partial charge on any atom is -0.393 e. The smallest absolute Gasteiger partial charge is 0.137 e. The molecule has 68 valence electrons.